The number of carboxylic acid groups (broad SMARTS) is 1. The van der Waals surface area contributed by atoms with Crippen LogP contribution in [0.4, 0.5) is 13.2 Å². The molecule has 0 aliphatic carbocycles. The maximum Gasteiger partial charge on any atom is 0.488 e. The van der Waals surface area contributed by atoms with E-state index in [9.17, 15) is 22.8 Å². The highest BCUT2D eigenvalue weighted by atomic mass is 19.4. The van der Waals surface area contributed by atoms with Crippen LogP contribution in [0, 0.1) is 0 Å². The average molecular weight is 306 g/mol. The summed E-state index contributed by atoms with van der Waals surface area (Å²) in [6, 6.07) is 1.64. The second kappa shape index (κ2) is 7.02. The van der Waals surface area contributed by atoms with Crippen molar-refractivity contribution in [2.24, 2.45) is 0 Å². The van der Waals surface area contributed by atoms with Crippen LogP contribution in [-0.4, -0.2) is 52.4 Å². The van der Waals surface area contributed by atoms with Gasteiger partial charge >= 0.3 is 12.3 Å². The lowest BCUT2D eigenvalue weighted by molar-refractivity contribution is -0.242. The summed E-state index contributed by atoms with van der Waals surface area (Å²) in [5, 5.41) is 8.94. The monoisotopic (exact) mass is 306 g/mol. The average Bonchev–Trinajstić information content (AvgIpc) is 2.42. The molecule has 6 nitrogen and oxygen atoms in total. The predicted molar refractivity (Wildman–Crippen MR) is 64.4 cm³/mol. The lowest BCUT2D eigenvalue weighted by atomic mass is 10.2. The van der Waals surface area contributed by atoms with Crippen LogP contribution in [-0.2, 0) is 9.53 Å². The van der Waals surface area contributed by atoms with Gasteiger partial charge in [0.25, 0.3) is 5.91 Å². The van der Waals surface area contributed by atoms with Gasteiger partial charge in [-0.05, 0) is 19.1 Å². The van der Waals surface area contributed by atoms with Crippen molar-refractivity contribution in [1.82, 2.24) is 9.88 Å². The van der Waals surface area contributed by atoms with Gasteiger partial charge in [0.05, 0.1) is 6.61 Å². The highest BCUT2D eigenvalue weighted by Crippen LogP contribution is 2.26. The molecule has 21 heavy (non-hydrogen) atoms. The van der Waals surface area contributed by atoms with E-state index in [1.54, 1.807) is 0 Å². The molecule has 0 radical (unpaired) electrons. The van der Waals surface area contributed by atoms with Crippen LogP contribution in [0.2, 0.25) is 0 Å². The molecule has 9 heteroatoms. The number of carbonyl (C=O) groups excluding carboxylic acids is 1. The molecule has 0 saturated carbocycles. The van der Waals surface area contributed by atoms with Crippen LogP contribution < -0.4 is 0 Å². The van der Waals surface area contributed by atoms with E-state index in [1.807, 2.05) is 0 Å². The normalized spacial score (nSPS) is 12.8. The van der Waals surface area contributed by atoms with E-state index < -0.39 is 41.4 Å². The molecule has 1 amide bonds. The van der Waals surface area contributed by atoms with Crippen molar-refractivity contribution < 1.29 is 32.6 Å². The van der Waals surface area contributed by atoms with Crippen molar-refractivity contribution in [2.75, 3.05) is 13.2 Å². The fourth-order valence-electron chi connectivity index (χ4n) is 1.53. The minimum absolute atomic E-state index is 0.0211. The van der Waals surface area contributed by atoms with Crippen LogP contribution >= 0.6 is 0 Å². The zero-order valence-corrected chi connectivity index (χ0v) is 11.0. The molecule has 0 bridgehead atoms. The molecule has 0 aromatic carbocycles. The topological polar surface area (TPSA) is 79.7 Å². The number of hydrogen-bond acceptors (Lipinski definition) is 4. The summed E-state index contributed by atoms with van der Waals surface area (Å²) >= 11 is 0. The van der Waals surface area contributed by atoms with Gasteiger partial charge in [-0.3, -0.25) is 9.78 Å². The third-order valence-corrected chi connectivity index (χ3v) is 2.45. The number of carbonyl (C=O) groups is 2. The molecule has 0 aliphatic rings. The summed E-state index contributed by atoms with van der Waals surface area (Å²) in [6.45, 7) is 0.745. The summed E-state index contributed by atoms with van der Waals surface area (Å²) in [6.07, 6.45) is -4.03. The van der Waals surface area contributed by atoms with Crippen molar-refractivity contribution in [1.29, 1.82) is 0 Å². The van der Waals surface area contributed by atoms with Crippen LogP contribution in [0.15, 0.2) is 24.4 Å². The number of pyridine rings is 1. The van der Waals surface area contributed by atoms with Gasteiger partial charge in [-0.25, -0.2) is 9.69 Å². The number of carboxylic acids is 1. The molecule has 1 aromatic rings. The fraction of sp³-hybridized carbons (Fsp3) is 0.417. The highest BCUT2D eigenvalue weighted by Gasteiger charge is 2.49. The third-order valence-electron chi connectivity index (χ3n) is 2.45. The second-order valence-electron chi connectivity index (χ2n) is 3.87. The molecular weight excluding hydrogens is 293 g/mol. The quantitative estimate of drug-likeness (QED) is 0.806. The Balaban J connectivity index is 3.15. The van der Waals surface area contributed by atoms with E-state index in [0.29, 0.717) is 0 Å². The van der Waals surface area contributed by atoms with E-state index in [4.69, 9.17) is 9.84 Å². The van der Waals surface area contributed by atoms with Crippen molar-refractivity contribution in [3.05, 3.63) is 30.1 Å². The van der Waals surface area contributed by atoms with Gasteiger partial charge in [0, 0.05) is 12.8 Å². The number of ether oxygens (including phenoxy) is 1. The van der Waals surface area contributed by atoms with Crippen LogP contribution in [0.3, 0.4) is 0 Å². The Labute approximate surface area is 118 Å². The van der Waals surface area contributed by atoms with E-state index in [2.05, 4.69) is 4.98 Å². The Hall–Kier alpha value is -2.16. The molecule has 1 unspecified atom stereocenters. The van der Waals surface area contributed by atoms with Crippen LogP contribution in [0.5, 0.6) is 0 Å². The van der Waals surface area contributed by atoms with Crippen molar-refractivity contribution in [2.45, 2.75) is 19.3 Å². The summed E-state index contributed by atoms with van der Waals surface area (Å²) < 4.78 is 43.9. The molecule has 0 saturated heterocycles. The van der Waals surface area contributed by atoms with E-state index >= 15 is 0 Å². The first kappa shape index (κ1) is 16.9. The largest absolute Gasteiger partial charge is 0.488 e. The lowest BCUT2D eigenvalue weighted by Crippen LogP contribution is -2.55. The van der Waals surface area contributed by atoms with Gasteiger partial charge in [0.15, 0.2) is 6.04 Å². The molecule has 0 spiro atoms. The molecule has 116 valence electrons. The third kappa shape index (κ3) is 4.42. The SMILES string of the molecule is CCOCC(C(=O)O)N(C(=O)c1ccccn1)C(F)(F)F. The van der Waals surface area contributed by atoms with Crippen molar-refractivity contribution >= 4 is 11.9 Å². The van der Waals surface area contributed by atoms with E-state index in [-0.39, 0.29) is 6.61 Å². The number of halogens is 3. The number of alkyl halides is 3. The Morgan fingerprint density at radius 1 is 1.43 bits per heavy atom. The molecule has 1 rings (SSSR count). The van der Waals surface area contributed by atoms with Crippen molar-refractivity contribution in [3.63, 3.8) is 0 Å². The van der Waals surface area contributed by atoms with Gasteiger partial charge in [-0.15, -0.1) is 13.2 Å². The minimum Gasteiger partial charge on any atom is -0.480 e. The first-order chi connectivity index (χ1) is 9.79. The number of nitrogens with zero attached hydrogens (tertiary/aromatic N) is 2. The Kier molecular flexibility index (Phi) is 5.65. The molecule has 1 heterocycles. The van der Waals surface area contributed by atoms with Crippen LogP contribution in [0.1, 0.15) is 17.4 Å². The van der Waals surface area contributed by atoms with E-state index in [1.165, 1.54) is 19.1 Å². The first-order valence-corrected chi connectivity index (χ1v) is 5.91. The molecule has 0 fully saturated rings. The first-order valence-electron chi connectivity index (χ1n) is 5.91. The van der Waals surface area contributed by atoms with Crippen LogP contribution in [0.25, 0.3) is 0 Å². The molecule has 1 N–H and O–H groups in total. The van der Waals surface area contributed by atoms with E-state index in [0.717, 1.165) is 12.3 Å². The van der Waals surface area contributed by atoms with Gasteiger partial charge in [0.2, 0.25) is 0 Å². The maximum atomic E-state index is 13.1. The molecule has 0 aliphatic heterocycles. The summed E-state index contributed by atoms with van der Waals surface area (Å²) in [4.78, 5) is 25.8. The number of amides is 1. The Bertz CT molecular complexity index is 493. The Morgan fingerprint density at radius 3 is 2.52 bits per heavy atom. The summed E-state index contributed by atoms with van der Waals surface area (Å²) in [5.74, 6) is -3.36. The minimum atomic E-state index is -5.17. The number of rotatable bonds is 6. The number of aromatic nitrogens is 1. The zero-order chi connectivity index (χ0) is 16.0. The second-order valence-corrected chi connectivity index (χ2v) is 3.87. The molecule has 1 aromatic heterocycles. The summed E-state index contributed by atoms with van der Waals surface area (Å²) in [7, 11) is 0. The fourth-order valence-corrected chi connectivity index (χ4v) is 1.53. The zero-order valence-electron chi connectivity index (χ0n) is 11.0. The van der Waals surface area contributed by atoms with Gasteiger partial charge in [-0.1, -0.05) is 6.07 Å². The predicted octanol–water partition coefficient (Wildman–Crippen LogP) is 1.53. The number of aliphatic carboxylic acids is 1. The maximum absolute atomic E-state index is 13.1. The summed E-state index contributed by atoms with van der Waals surface area (Å²) in [5.41, 5.74) is -0.502. The van der Waals surface area contributed by atoms with Gasteiger partial charge in [-0.2, -0.15) is 0 Å². The molecule has 1 atom stereocenters. The van der Waals surface area contributed by atoms with Gasteiger partial charge in [0.1, 0.15) is 5.69 Å². The Morgan fingerprint density at radius 2 is 2.10 bits per heavy atom. The van der Waals surface area contributed by atoms with Crippen molar-refractivity contribution in [3.8, 4) is 0 Å². The smallest absolute Gasteiger partial charge is 0.480 e. The number of hydrogen-bond donors (Lipinski definition) is 1. The standard InChI is InChI=1S/C12H13F3N2O4/c1-2-21-7-9(11(19)20)17(12(13,14)15)10(18)8-5-3-4-6-16-8/h3-6,9H,2,7H2,1H3,(H,19,20). The van der Waals surface area contributed by atoms with Gasteiger partial charge < -0.3 is 9.84 Å². The lowest BCUT2D eigenvalue weighted by Gasteiger charge is -2.29. The highest BCUT2D eigenvalue weighted by molar-refractivity contribution is 5.95. The molecular formula is C12H13F3N2O4.